The van der Waals surface area contributed by atoms with Crippen molar-refractivity contribution in [2.24, 2.45) is 10.9 Å². The second-order valence-corrected chi connectivity index (χ2v) is 6.38. The molecule has 7 nitrogen and oxygen atoms in total. The van der Waals surface area contributed by atoms with Crippen LogP contribution in [0.5, 0.6) is 17.2 Å². The molecule has 2 rings (SSSR count). The van der Waals surface area contributed by atoms with Gasteiger partial charge < -0.3 is 29.3 Å². The van der Waals surface area contributed by atoms with Gasteiger partial charge in [-0.15, -0.1) is 24.0 Å². The minimum atomic E-state index is 0. The van der Waals surface area contributed by atoms with E-state index in [-0.39, 0.29) is 24.0 Å². The Morgan fingerprint density at radius 3 is 2.29 bits per heavy atom. The average Bonchev–Trinajstić information content (AvgIpc) is 3.18. The quantitative estimate of drug-likeness (QED) is 0.304. The van der Waals surface area contributed by atoms with Crippen molar-refractivity contribution in [1.82, 2.24) is 5.32 Å². The molecule has 0 radical (unpaired) electrons. The van der Waals surface area contributed by atoms with Crippen LogP contribution in [-0.4, -0.2) is 40.4 Å². The Labute approximate surface area is 183 Å². The molecule has 1 heterocycles. The SMILES string of the molecule is COc1cc(NC(=NCC(C)C)NCCc2ccco2)cc(OC)c1OC.I. The summed E-state index contributed by atoms with van der Waals surface area (Å²) in [6.45, 7) is 5.66. The number of nitrogens with zero attached hydrogens (tertiary/aromatic N) is 1. The summed E-state index contributed by atoms with van der Waals surface area (Å²) in [5.41, 5.74) is 0.789. The fourth-order valence-electron chi connectivity index (χ4n) is 2.46. The van der Waals surface area contributed by atoms with E-state index in [1.54, 1.807) is 27.6 Å². The summed E-state index contributed by atoms with van der Waals surface area (Å²) < 4.78 is 21.6. The van der Waals surface area contributed by atoms with Crippen LogP contribution in [0, 0.1) is 5.92 Å². The molecule has 2 aromatic rings. The maximum absolute atomic E-state index is 5.41. The van der Waals surface area contributed by atoms with E-state index in [0.29, 0.717) is 42.2 Å². The van der Waals surface area contributed by atoms with Gasteiger partial charge in [0.2, 0.25) is 5.75 Å². The Kier molecular flexibility index (Phi) is 10.6. The highest BCUT2D eigenvalue weighted by Gasteiger charge is 2.14. The van der Waals surface area contributed by atoms with E-state index in [2.05, 4.69) is 29.5 Å². The summed E-state index contributed by atoms with van der Waals surface area (Å²) in [5.74, 6) is 3.78. The number of halogens is 1. The maximum Gasteiger partial charge on any atom is 0.203 e. The number of rotatable bonds is 9. The minimum absolute atomic E-state index is 0. The number of nitrogens with one attached hydrogen (secondary N) is 2. The Bertz CT molecular complexity index is 708. The first kappa shape index (κ1) is 23.9. The predicted octanol–water partition coefficient (Wildman–Crippen LogP) is 4.18. The van der Waals surface area contributed by atoms with Gasteiger partial charge in [0, 0.05) is 37.3 Å². The van der Waals surface area contributed by atoms with Gasteiger partial charge in [0.05, 0.1) is 27.6 Å². The van der Waals surface area contributed by atoms with Gasteiger partial charge in [-0.05, 0) is 18.1 Å². The summed E-state index contributed by atoms with van der Waals surface area (Å²) in [6, 6.07) is 7.54. The van der Waals surface area contributed by atoms with E-state index in [4.69, 9.17) is 18.6 Å². The minimum Gasteiger partial charge on any atom is -0.493 e. The molecule has 0 unspecified atom stereocenters. The first-order valence-corrected chi connectivity index (χ1v) is 8.95. The summed E-state index contributed by atoms with van der Waals surface area (Å²) in [6.07, 6.45) is 2.45. The zero-order valence-corrected chi connectivity index (χ0v) is 19.4. The molecule has 0 atom stereocenters. The molecule has 0 saturated heterocycles. The molecule has 156 valence electrons. The zero-order valence-electron chi connectivity index (χ0n) is 17.1. The van der Waals surface area contributed by atoms with Gasteiger partial charge in [-0.3, -0.25) is 4.99 Å². The first-order valence-electron chi connectivity index (χ1n) is 8.95. The third-order valence-corrected chi connectivity index (χ3v) is 3.79. The van der Waals surface area contributed by atoms with E-state index in [0.717, 1.165) is 17.9 Å². The van der Waals surface area contributed by atoms with Crippen molar-refractivity contribution in [3.63, 3.8) is 0 Å². The van der Waals surface area contributed by atoms with Crippen molar-refractivity contribution in [3.8, 4) is 17.2 Å². The third-order valence-electron chi connectivity index (χ3n) is 3.79. The number of aliphatic imine (C=N–C) groups is 1. The first-order chi connectivity index (χ1) is 13.1. The highest BCUT2D eigenvalue weighted by atomic mass is 127. The highest BCUT2D eigenvalue weighted by Crippen LogP contribution is 2.39. The lowest BCUT2D eigenvalue weighted by Gasteiger charge is -2.17. The summed E-state index contributed by atoms with van der Waals surface area (Å²) in [5, 5.41) is 6.64. The lowest BCUT2D eigenvalue weighted by molar-refractivity contribution is 0.324. The number of hydrogen-bond donors (Lipinski definition) is 2. The Morgan fingerprint density at radius 2 is 1.79 bits per heavy atom. The smallest absolute Gasteiger partial charge is 0.203 e. The standard InChI is InChI=1S/C20H29N3O4.HI/c1-14(2)13-22-20(21-9-8-16-7-6-10-27-16)23-15-11-17(24-3)19(26-5)18(12-15)25-4;/h6-7,10-12,14H,8-9,13H2,1-5H3,(H2,21,22,23);1H. The molecule has 0 spiro atoms. The number of furan rings is 1. The van der Waals surface area contributed by atoms with E-state index >= 15 is 0 Å². The Hall–Kier alpha value is -2.10. The molecule has 1 aromatic heterocycles. The molecule has 1 aromatic carbocycles. The highest BCUT2D eigenvalue weighted by molar-refractivity contribution is 14.0. The van der Waals surface area contributed by atoms with Crippen molar-refractivity contribution >= 4 is 35.6 Å². The lowest BCUT2D eigenvalue weighted by atomic mass is 10.2. The van der Waals surface area contributed by atoms with Crippen LogP contribution in [0.25, 0.3) is 0 Å². The van der Waals surface area contributed by atoms with E-state index in [1.807, 2.05) is 24.3 Å². The molecular weight excluding hydrogens is 473 g/mol. The molecule has 0 fully saturated rings. The number of guanidine groups is 1. The van der Waals surface area contributed by atoms with Crippen LogP contribution in [0.1, 0.15) is 19.6 Å². The predicted molar refractivity (Wildman–Crippen MR) is 123 cm³/mol. The van der Waals surface area contributed by atoms with Gasteiger partial charge in [-0.25, -0.2) is 0 Å². The Balaban J connectivity index is 0.00000392. The van der Waals surface area contributed by atoms with Crippen LogP contribution in [-0.2, 0) is 6.42 Å². The van der Waals surface area contributed by atoms with Gasteiger partial charge in [0.1, 0.15) is 5.76 Å². The van der Waals surface area contributed by atoms with E-state index < -0.39 is 0 Å². The number of hydrogen-bond acceptors (Lipinski definition) is 5. The topological polar surface area (TPSA) is 77.2 Å². The van der Waals surface area contributed by atoms with Crippen LogP contribution < -0.4 is 24.8 Å². The largest absolute Gasteiger partial charge is 0.493 e. The van der Waals surface area contributed by atoms with E-state index in [9.17, 15) is 0 Å². The number of ether oxygens (including phenoxy) is 3. The molecule has 0 aliphatic heterocycles. The fourth-order valence-corrected chi connectivity index (χ4v) is 2.46. The van der Waals surface area contributed by atoms with Crippen molar-refractivity contribution in [3.05, 3.63) is 36.3 Å². The number of methoxy groups -OCH3 is 3. The van der Waals surface area contributed by atoms with Crippen LogP contribution in [0.2, 0.25) is 0 Å². The molecule has 0 bridgehead atoms. The van der Waals surface area contributed by atoms with Gasteiger partial charge >= 0.3 is 0 Å². The monoisotopic (exact) mass is 503 g/mol. The fraction of sp³-hybridized carbons (Fsp3) is 0.450. The van der Waals surface area contributed by atoms with Crippen molar-refractivity contribution in [1.29, 1.82) is 0 Å². The third kappa shape index (κ3) is 7.14. The van der Waals surface area contributed by atoms with Crippen molar-refractivity contribution < 1.29 is 18.6 Å². The average molecular weight is 503 g/mol. The second kappa shape index (κ2) is 12.4. The lowest BCUT2D eigenvalue weighted by Crippen LogP contribution is -2.33. The van der Waals surface area contributed by atoms with Crippen molar-refractivity contribution in [2.45, 2.75) is 20.3 Å². The molecule has 2 N–H and O–H groups in total. The second-order valence-electron chi connectivity index (χ2n) is 6.38. The number of benzene rings is 1. The van der Waals surface area contributed by atoms with E-state index in [1.165, 1.54) is 0 Å². The van der Waals surface area contributed by atoms with Crippen LogP contribution in [0.15, 0.2) is 39.9 Å². The van der Waals surface area contributed by atoms with Gasteiger partial charge in [0.15, 0.2) is 17.5 Å². The molecular formula is C20H30IN3O4. The van der Waals surface area contributed by atoms with Crippen molar-refractivity contribution in [2.75, 3.05) is 39.7 Å². The molecule has 0 aliphatic rings. The molecule has 0 saturated carbocycles. The molecule has 8 heteroatoms. The maximum atomic E-state index is 5.41. The normalized spacial score (nSPS) is 11.0. The summed E-state index contributed by atoms with van der Waals surface area (Å²) in [7, 11) is 4.77. The zero-order chi connectivity index (χ0) is 19.6. The molecule has 28 heavy (non-hydrogen) atoms. The molecule has 0 aliphatic carbocycles. The van der Waals surface area contributed by atoms with Gasteiger partial charge in [0.25, 0.3) is 0 Å². The summed E-state index contributed by atoms with van der Waals surface area (Å²) >= 11 is 0. The van der Waals surface area contributed by atoms with Gasteiger partial charge in [-0.2, -0.15) is 0 Å². The number of anilines is 1. The van der Waals surface area contributed by atoms with Crippen LogP contribution >= 0.6 is 24.0 Å². The Morgan fingerprint density at radius 1 is 1.11 bits per heavy atom. The molecule has 0 amide bonds. The van der Waals surface area contributed by atoms with Gasteiger partial charge in [-0.1, -0.05) is 13.8 Å². The summed E-state index contributed by atoms with van der Waals surface area (Å²) in [4.78, 5) is 4.64. The van der Waals surface area contributed by atoms with Crippen LogP contribution in [0.4, 0.5) is 5.69 Å². The van der Waals surface area contributed by atoms with Crippen LogP contribution in [0.3, 0.4) is 0 Å².